The summed E-state index contributed by atoms with van der Waals surface area (Å²) in [6.07, 6.45) is 1.40. The molecule has 0 atom stereocenters. The van der Waals surface area contributed by atoms with Crippen molar-refractivity contribution in [3.05, 3.63) is 47.7 Å². The molecule has 3 N–H and O–H groups in total. The van der Waals surface area contributed by atoms with E-state index in [9.17, 15) is 9.18 Å². The number of furan rings is 1. The van der Waals surface area contributed by atoms with Crippen molar-refractivity contribution in [2.24, 2.45) is 0 Å². The largest absolute Gasteiger partial charge is 0.459 e. The van der Waals surface area contributed by atoms with E-state index in [1.54, 1.807) is 13.0 Å². The van der Waals surface area contributed by atoms with Crippen molar-refractivity contribution < 1.29 is 13.6 Å². The summed E-state index contributed by atoms with van der Waals surface area (Å²) in [7, 11) is 0. The van der Waals surface area contributed by atoms with Gasteiger partial charge in [-0.3, -0.25) is 4.79 Å². The van der Waals surface area contributed by atoms with Crippen molar-refractivity contribution in [1.82, 2.24) is 0 Å². The Morgan fingerprint density at radius 1 is 1.41 bits per heavy atom. The van der Waals surface area contributed by atoms with Gasteiger partial charge < -0.3 is 15.5 Å². The molecule has 0 saturated carbocycles. The fourth-order valence-electron chi connectivity index (χ4n) is 1.42. The molecule has 1 aromatic heterocycles. The Labute approximate surface area is 97.2 Å². The van der Waals surface area contributed by atoms with Crippen LogP contribution in [0.3, 0.4) is 0 Å². The van der Waals surface area contributed by atoms with Crippen LogP contribution >= 0.6 is 0 Å². The smallest absolute Gasteiger partial charge is 0.291 e. The summed E-state index contributed by atoms with van der Waals surface area (Å²) in [5, 5.41) is 2.41. The van der Waals surface area contributed by atoms with E-state index < -0.39 is 11.7 Å². The summed E-state index contributed by atoms with van der Waals surface area (Å²) in [5.41, 5.74) is 6.60. The number of amides is 1. The summed E-state index contributed by atoms with van der Waals surface area (Å²) in [6.45, 7) is 1.73. The second kappa shape index (κ2) is 4.29. The zero-order chi connectivity index (χ0) is 12.4. The fraction of sp³-hybridized carbons (Fsp3) is 0.0833. The quantitative estimate of drug-likeness (QED) is 0.784. The van der Waals surface area contributed by atoms with Gasteiger partial charge >= 0.3 is 0 Å². The standard InChI is InChI=1S/C12H11FN2O2/c1-7-4-5-17-11(7)12(16)15-10-6-8(14)2-3-9(10)13/h2-6H,14H2,1H3,(H,15,16). The first-order chi connectivity index (χ1) is 8.08. The van der Waals surface area contributed by atoms with Gasteiger partial charge in [-0.1, -0.05) is 0 Å². The van der Waals surface area contributed by atoms with Gasteiger partial charge in [0.1, 0.15) is 5.82 Å². The summed E-state index contributed by atoms with van der Waals surface area (Å²) in [6, 6.07) is 5.62. The molecular formula is C12H11FN2O2. The van der Waals surface area contributed by atoms with Gasteiger partial charge in [-0.2, -0.15) is 0 Å². The average Bonchev–Trinajstić information content (AvgIpc) is 2.70. The van der Waals surface area contributed by atoms with Crippen molar-refractivity contribution >= 4 is 17.3 Å². The summed E-state index contributed by atoms with van der Waals surface area (Å²) in [5.74, 6) is -0.888. The second-order valence-corrected chi connectivity index (χ2v) is 3.63. The molecule has 0 saturated heterocycles. The number of halogens is 1. The van der Waals surface area contributed by atoms with Crippen molar-refractivity contribution in [2.75, 3.05) is 11.1 Å². The Kier molecular flexibility index (Phi) is 2.82. The van der Waals surface area contributed by atoms with E-state index in [0.717, 1.165) is 0 Å². The molecule has 4 nitrogen and oxygen atoms in total. The van der Waals surface area contributed by atoms with Crippen molar-refractivity contribution in [3.63, 3.8) is 0 Å². The Balaban J connectivity index is 2.24. The van der Waals surface area contributed by atoms with E-state index >= 15 is 0 Å². The zero-order valence-corrected chi connectivity index (χ0v) is 9.16. The number of carbonyl (C=O) groups is 1. The first-order valence-corrected chi connectivity index (χ1v) is 4.98. The SMILES string of the molecule is Cc1ccoc1C(=O)Nc1cc(N)ccc1F. The third kappa shape index (κ3) is 2.28. The van der Waals surface area contributed by atoms with Gasteiger partial charge in [0.25, 0.3) is 5.91 Å². The molecule has 0 unspecified atom stereocenters. The van der Waals surface area contributed by atoms with Crippen LogP contribution in [0.5, 0.6) is 0 Å². The Bertz CT molecular complexity index is 563. The van der Waals surface area contributed by atoms with Crippen LogP contribution in [-0.2, 0) is 0 Å². The number of hydrogen-bond donors (Lipinski definition) is 2. The monoisotopic (exact) mass is 234 g/mol. The first kappa shape index (κ1) is 11.2. The number of anilines is 2. The minimum atomic E-state index is -0.545. The van der Waals surface area contributed by atoms with Gasteiger partial charge in [0.15, 0.2) is 5.76 Å². The van der Waals surface area contributed by atoms with Crippen LogP contribution in [0.2, 0.25) is 0 Å². The molecule has 88 valence electrons. The van der Waals surface area contributed by atoms with Gasteiger partial charge in [0, 0.05) is 11.3 Å². The van der Waals surface area contributed by atoms with Crippen molar-refractivity contribution in [3.8, 4) is 0 Å². The van der Waals surface area contributed by atoms with Gasteiger partial charge in [-0.25, -0.2) is 4.39 Å². The summed E-state index contributed by atoms with van der Waals surface area (Å²) in [4.78, 5) is 11.7. The molecule has 0 bridgehead atoms. The van der Waals surface area contributed by atoms with E-state index in [0.29, 0.717) is 11.3 Å². The van der Waals surface area contributed by atoms with E-state index in [1.165, 1.54) is 24.5 Å². The lowest BCUT2D eigenvalue weighted by Gasteiger charge is -2.06. The molecule has 5 heteroatoms. The molecule has 1 heterocycles. The fourth-order valence-corrected chi connectivity index (χ4v) is 1.42. The molecule has 0 aliphatic heterocycles. The molecule has 1 aromatic carbocycles. The number of nitrogens with one attached hydrogen (secondary N) is 1. The van der Waals surface area contributed by atoms with Crippen molar-refractivity contribution in [2.45, 2.75) is 6.92 Å². The van der Waals surface area contributed by atoms with Gasteiger partial charge in [0.2, 0.25) is 0 Å². The molecule has 0 aliphatic carbocycles. The number of hydrogen-bond acceptors (Lipinski definition) is 3. The maximum atomic E-state index is 13.4. The van der Waals surface area contributed by atoms with Crippen molar-refractivity contribution in [1.29, 1.82) is 0 Å². The number of nitrogen functional groups attached to an aromatic ring is 1. The van der Waals surface area contributed by atoms with E-state index in [2.05, 4.69) is 5.32 Å². The molecule has 2 rings (SSSR count). The number of benzene rings is 1. The number of carbonyl (C=O) groups excluding carboxylic acids is 1. The number of rotatable bonds is 2. The predicted octanol–water partition coefficient (Wildman–Crippen LogP) is 2.56. The first-order valence-electron chi connectivity index (χ1n) is 4.98. The highest BCUT2D eigenvalue weighted by molar-refractivity contribution is 6.03. The lowest BCUT2D eigenvalue weighted by atomic mass is 10.2. The Morgan fingerprint density at radius 3 is 2.82 bits per heavy atom. The minimum absolute atomic E-state index is 0.0331. The van der Waals surface area contributed by atoms with Crippen LogP contribution in [0.25, 0.3) is 0 Å². The van der Waals surface area contributed by atoms with Crippen LogP contribution in [-0.4, -0.2) is 5.91 Å². The normalized spacial score (nSPS) is 10.2. The Hall–Kier alpha value is -2.30. The van der Waals surface area contributed by atoms with Crippen LogP contribution in [0, 0.1) is 12.7 Å². The van der Waals surface area contributed by atoms with E-state index in [1.807, 2.05) is 0 Å². The highest BCUT2D eigenvalue weighted by Gasteiger charge is 2.14. The van der Waals surface area contributed by atoms with E-state index in [-0.39, 0.29) is 11.4 Å². The Morgan fingerprint density at radius 2 is 2.18 bits per heavy atom. The van der Waals surface area contributed by atoms with Crippen LogP contribution < -0.4 is 11.1 Å². The lowest BCUT2D eigenvalue weighted by Crippen LogP contribution is -2.13. The predicted molar refractivity (Wildman–Crippen MR) is 62.2 cm³/mol. The molecule has 17 heavy (non-hydrogen) atoms. The zero-order valence-electron chi connectivity index (χ0n) is 9.16. The summed E-state index contributed by atoms with van der Waals surface area (Å²) < 4.78 is 18.4. The topological polar surface area (TPSA) is 68.3 Å². The van der Waals surface area contributed by atoms with Gasteiger partial charge in [0.05, 0.1) is 12.0 Å². The molecule has 0 spiro atoms. The molecule has 2 aromatic rings. The maximum Gasteiger partial charge on any atom is 0.291 e. The molecule has 1 amide bonds. The molecule has 0 fully saturated rings. The van der Waals surface area contributed by atoms with Crippen LogP contribution in [0.15, 0.2) is 34.9 Å². The van der Waals surface area contributed by atoms with Crippen LogP contribution in [0.4, 0.5) is 15.8 Å². The number of aryl methyl sites for hydroxylation is 1. The highest BCUT2D eigenvalue weighted by Crippen LogP contribution is 2.19. The van der Waals surface area contributed by atoms with E-state index in [4.69, 9.17) is 10.2 Å². The molecule has 0 aliphatic rings. The lowest BCUT2D eigenvalue weighted by molar-refractivity contribution is 0.0995. The third-order valence-electron chi connectivity index (χ3n) is 2.31. The van der Waals surface area contributed by atoms with Crippen LogP contribution in [0.1, 0.15) is 16.1 Å². The van der Waals surface area contributed by atoms with Gasteiger partial charge in [-0.05, 0) is 31.2 Å². The third-order valence-corrected chi connectivity index (χ3v) is 2.31. The minimum Gasteiger partial charge on any atom is -0.459 e. The molecular weight excluding hydrogens is 223 g/mol. The second-order valence-electron chi connectivity index (χ2n) is 3.63. The maximum absolute atomic E-state index is 13.4. The summed E-state index contributed by atoms with van der Waals surface area (Å²) >= 11 is 0. The average molecular weight is 234 g/mol. The highest BCUT2D eigenvalue weighted by atomic mass is 19.1. The number of nitrogens with two attached hydrogens (primary N) is 1. The van der Waals surface area contributed by atoms with Gasteiger partial charge in [-0.15, -0.1) is 0 Å². The molecule has 0 radical (unpaired) electrons.